The molecular weight excluding hydrogens is 255 g/mol. The van der Waals surface area contributed by atoms with Crippen LogP contribution in [-0.2, 0) is 10.2 Å². The van der Waals surface area contributed by atoms with Gasteiger partial charge in [-0.05, 0) is 36.6 Å². The molecular formula is C16H19FN2O. The summed E-state index contributed by atoms with van der Waals surface area (Å²) in [5.41, 5.74) is 1.71. The number of carbonyl (C=O) groups is 1. The molecule has 0 aliphatic heterocycles. The van der Waals surface area contributed by atoms with Gasteiger partial charge in [-0.2, -0.15) is 0 Å². The molecule has 106 valence electrons. The van der Waals surface area contributed by atoms with Crippen LogP contribution in [0.3, 0.4) is 0 Å². The first kappa shape index (κ1) is 13.2. The smallest absolute Gasteiger partial charge is 0.223 e. The van der Waals surface area contributed by atoms with Crippen LogP contribution in [0.25, 0.3) is 10.9 Å². The molecule has 0 bridgehead atoms. The number of aromatic amines is 1. The minimum Gasteiger partial charge on any atom is -0.361 e. The van der Waals surface area contributed by atoms with E-state index >= 15 is 0 Å². The average Bonchev–Trinajstić information content (AvgIpc) is 3.16. The summed E-state index contributed by atoms with van der Waals surface area (Å²) in [6.07, 6.45) is 3.92. The topological polar surface area (TPSA) is 44.9 Å². The highest BCUT2D eigenvalue weighted by Gasteiger charge is 2.31. The van der Waals surface area contributed by atoms with Crippen LogP contribution in [0.15, 0.2) is 24.4 Å². The predicted octanol–water partition coefficient (Wildman–Crippen LogP) is 3.11. The quantitative estimate of drug-likeness (QED) is 0.884. The number of halogens is 1. The summed E-state index contributed by atoms with van der Waals surface area (Å²) >= 11 is 0. The molecule has 1 aromatic carbocycles. The minimum absolute atomic E-state index is 0.143. The SMILES string of the molecule is CC(C)(CNC(=O)C1CC1)c1c[nH]c2ccc(F)cc12. The normalized spacial score (nSPS) is 15.6. The van der Waals surface area contributed by atoms with Gasteiger partial charge < -0.3 is 10.3 Å². The number of benzene rings is 1. The summed E-state index contributed by atoms with van der Waals surface area (Å²) in [4.78, 5) is 14.9. The highest BCUT2D eigenvalue weighted by Crippen LogP contribution is 2.32. The molecule has 0 unspecified atom stereocenters. The Hall–Kier alpha value is -1.84. The van der Waals surface area contributed by atoms with Crippen molar-refractivity contribution in [2.75, 3.05) is 6.54 Å². The fraction of sp³-hybridized carbons (Fsp3) is 0.438. The molecule has 1 fully saturated rings. The van der Waals surface area contributed by atoms with Gasteiger partial charge in [0.05, 0.1) is 0 Å². The lowest BCUT2D eigenvalue weighted by atomic mass is 9.84. The van der Waals surface area contributed by atoms with Crippen molar-refractivity contribution < 1.29 is 9.18 Å². The van der Waals surface area contributed by atoms with Crippen LogP contribution in [0.4, 0.5) is 4.39 Å². The summed E-state index contributed by atoms with van der Waals surface area (Å²) in [7, 11) is 0. The van der Waals surface area contributed by atoms with Crippen molar-refractivity contribution >= 4 is 16.8 Å². The van der Waals surface area contributed by atoms with Gasteiger partial charge in [-0.3, -0.25) is 4.79 Å². The maximum absolute atomic E-state index is 13.4. The van der Waals surface area contributed by atoms with E-state index < -0.39 is 0 Å². The third-order valence-corrected chi connectivity index (χ3v) is 4.03. The number of fused-ring (bicyclic) bond motifs is 1. The van der Waals surface area contributed by atoms with Crippen LogP contribution in [-0.4, -0.2) is 17.4 Å². The molecule has 1 saturated carbocycles. The van der Waals surface area contributed by atoms with E-state index in [-0.39, 0.29) is 23.1 Å². The van der Waals surface area contributed by atoms with E-state index in [0.717, 1.165) is 29.3 Å². The molecule has 2 aromatic rings. The van der Waals surface area contributed by atoms with Gasteiger partial charge in [0.25, 0.3) is 0 Å². The van der Waals surface area contributed by atoms with Gasteiger partial charge in [0.2, 0.25) is 5.91 Å². The second-order valence-corrected chi connectivity index (χ2v) is 6.27. The molecule has 1 aliphatic carbocycles. The highest BCUT2D eigenvalue weighted by molar-refractivity contribution is 5.85. The summed E-state index contributed by atoms with van der Waals surface area (Å²) in [6.45, 7) is 4.69. The van der Waals surface area contributed by atoms with Crippen LogP contribution in [0, 0.1) is 11.7 Å². The molecule has 1 amide bonds. The van der Waals surface area contributed by atoms with E-state index in [1.54, 1.807) is 12.1 Å². The molecule has 1 heterocycles. The van der Waals surface area contributed by atoms with Gasteiger partial charge >= 0.3 is 0 Å². The lowest BCUT2D eigenvalue weighted by Gasteiger charge is -2.25. The van der Waals surface area contributed by atoms with Gasteiger partial charge in [0, 0.05) is 35.0 Å². The summed E-state index contributed by atoms with van der Waals surface area (Å²) in [5.74, 6) is 0.117. The molecule has 4 heteroatoms. The van der Waals surface area contributed by atoms with Gasteiger partial charge in [0.1, 0.15) is 5.82 Å². The third kappa shape index (κ3) is 2.42. The second kappa shape index (κ2) is 4.62. The molecule has 0 spiro atoms. The number of hydrogen-bond donors (Lipinski definition) is 2. The second-order valence-electron chi connectivity index (χ2n) is 6.27. The molecule has 1 aliphatic rings. The Balaban J connectivity index is 1.84. The molecule has 2 N–H and O–H groups in total. The summed E-state index contributed by atoms with van der Waals surface area (Å²) in [6, 6.07) is 4.74. The van der Waals surface area contributed by atoms with Gasteiger partial charge in [0.15, 0.2) is 0 Å². The van der Waals surface area contributed by atoms with E-state index in [1.165, 1.54) is 6.07 Å². The molecule has 3 nitrogen and oxygen atoms in total. The molecule has 20 heavy (non-hydrogen) atoms. The largest absolute Gasteiger partial charge is 0.361 e. The maximum atomic E-state index is 13.4. The van der Waals surface area contributed by atoms with Crippen molar-refractivity contribution in [2.45, 2.75) is 32.1 Å². The van der Waals surface area contributed by atoms with Crippen molar-refractivity contribution in [1.29, 1.82) is 0 Å². The van der Waals surface area contributed by atoms with Crippen molar-refractivity contribution in [3.63, 3.8) is 0 Å². The van der Waals surface area contributed by atoms with E-state index in [0.29, 0.717) is 6.54 Å². The zero-order valence-corrected chi connectivity index (χ0v) is 11.8. The number of hydrogen-bond acceptors (Lipinski definition) is 1. The van der Waals surface area contributed by atoms with Crippen molar-refractivity contribution in [1.82, 2.24) is 10.3 Å². The number of rotatable bonds is 4. The van der Waals surface area contributed by atoms with Crippen LogP contribution >= 0.6 is 0 Å². The minimum atomic E-state index is -0.240. The molecule has 0 atom stereocenters. The highest BCUT2D eigenvalue weighted by atomic mass is 19.1. The van der Waals surface area contributed by atoms with E-state index in [1.807, 2.05) is 6.20 Å². The monoisotopic (exact) mass is 274 g/mol. The fourth-order valence-corrected chi connectivity index (χ4v) is 2.55. The standard InChI is InChI=1S/C16H19FN2O/c1-16(2,9-19-15(20)10-3-4-10)13-8-18-14-6-5-11(17)7-12(13)14/h5-8,10,18H,3-4,9H2,1-2H3,(H,19,20). The molecule has 0 radical (unpaired) electrons. The van der Waals surface area contributed by atoms with Crippen LogP contribution in [0.5, 0.6) is 0 Å². The lowest BCUT2D eigenvalue weighted by molar-refractivity contribution is -0.122. The first-order chi connectivity index (χ1) is 9.47. The fourth-order valence-electron chi connectivity index (χ4n) is 2.55. The number of aromatic nitrogens is 1. The van der Waals surface area contributed by atoms with Crippen molar-refractivity contribution in [3.05, 3.63) is 35.8 Å². The Kier molecular flexibility index (Phi) is 3.04. The van der Waals surface area contributed by atoms with E-state index in [2.05, 4.69) is 24.1 Å². The zero-order chi connectivity index (χ0) is 14.3. The first-order valence-electron chi connectivity index (χ1n) is 7.02. The zero-order valence-electron chi connectivity index (χ0n) is 11.8. The maximum Gasteiger partial charge on any atom is 0.223 e. The third-order valence-electron chi connectivity index (χ3n) is 4.03. The molecule has 3 rings (SSSR count). The number of H-pyrrole nitrogens is 1. The summed E-state index contributed by atoms with van der Waals surface area (Å²) in [5, 5.41) is 3.89. The van der Waals surface area contributed by atoms with Crippen LogP contribution in [0.1, 0.15) is 32.3 Å². The lowest BCUT2D eigenvalue weighted by Crippen LogP contribution is -2.37. The van der Waals surface area contributed by atoms with Crippen LogP contribution < -0.4 is 5.32 Å². The Labute approximate surface area is 117 Å². The van der Waals surface area contributed by atoms with Gasteiger partial charge in [-0.15, -0.1) is 0 Å². The molecule has 1 aromatic heterocycles. The Morgan fingerprint density at radius 1 is 1.45 bits per heavy atom. The van der Waals surface area contributed by atoms with E-state index in [9.17, 15) is 9.18 Å². The first-order valence-corrected chi connectivity index (χ1v) is 7.02. The van der Waals surface area contributed by atoms with Crippen molar-refractivity contribution in [3.8, 4) is 0 Å². The number of amides is 1. The van der Waals surface area contributed by atoms with E-state index in [4.69, 9.17) is 0 Å². The Bertz CT molecular complexity index is 656. The molecule has 0 saturated heterocycles. The van der Waals surface area contributed by atoms with Crippen molar-refractivity contribution in [2.24, 2.45) is 5.92 Å². The average molecular weight is 274 g/mol. The summed E-state index contributed by atoms with van der Waals surface area (Å²) < 4.78 is 13.4. The number of nitrogens with one attached hydrogen (secondary N) is 2. The Morgan fingerprint density at radius 2 is 2.20 bits per heavy atom. The predicted molar refractivity (Wildman–Crippen MR) is 77.0 cm³/mol. The van der Waals surface area contributed by atoms with Gasteiger partial charge in [-0.1, -0.05) is 13.8 Å². The van der Waals surface area contributed by atoms with Gasteiger partial charge in [-0.25, -0.2) is 4.39 Å². The number of carbonyl (C=O) groups excluding carboxylic acids is 1. The van der Waals surface area contributed by atoms with Crippen LogP contribution in [0.2, 0.25) is 0 Å². The Morgan fingerprint density at radius 3 is 2.90 bits per heavy atom.